The minimum atomic E-state index is 1.23. The molecule has 0 aliphatic carbocycles. The number of benzene rings is 6. The lowest BCUT2D eigenvalue weighted by atomic mass is 9.95. The molecule has 0 bridgehead atoms. The van der Waals surface area contributed by atoms with Gasteiger partial charge >= 0.3 is 0 Å². The van der Waals surface area contributed by atoms with Gasteiger partial charge in [-0.1, -0.05) is 133 Å². The van der Waals surface area contributed by atoms with Crippen LogP contribution in [-0.2, 0) is 0 Å². The average Bonchev–Trinajstić information content (AvgIpc) is 2.83. The van der Waals surface area contributed by atoms with Crippen LogP contribution in [0.15, 0.2) is 121 Å². The molecular weight excluding hydrogens is 360 g/mol. The predicted octanol–water partition coefficient (Wildman–Crippen LogP) is 8.44. The summed E-state index contributed by atoms with van der Waals surface area (Å²) in [4.78, 5) is 0. The second kappa shape index (κ2) is 8.23. The Balaban J connectivity index is 0.000000130. The van der Waals surface area contributed by atoms with Crippen LogP contribution in [0.3, 0.4) is 0 Å². The molecule has 6 aromatic rings. The maximum atomic E-state index is 2.21. The molecule has 0 saturated heterocycles. The van der Waals surface area contributed by atoms with Gasteiger partial charge in [0, 0.05) is 0 Å². The molecule has 0 radical (unpaired) electrons. The Morgan fingerprint density at radius 1 is 0.300 bits per heavy atom. The molecule has 0 aromatic heterocycles. The molecular formula is C30H22. The van der Waals surface area contributed by atoms with E-state index in [2.05, 4.69) is 97.1 Å². The smallest absolute Gasteiger partial charge is 0.00268 e. The Labute approximate surface area is 177 Å². The summed E-state index contributed by atoms with van der Waals surface area (Å²) >= 11 is 0. The van der Waals surface area contributed by atoms with E-state index in [-0.39, 0.29) is 0 Å². The molecule has 0 saturated carbocycles. The van der Waals surface area contributed by atoms with Gasteiger partial charge in [-0.2, -0.15) is 0 Å². The van der Waals surface area contributed by atoms with Crippen molar-refractivity contribution in [1.82, 2.24) is 0 Å². The van der Waals surface area contributed by atoms with Crippen molar-refractivity contribution in [2.45, 2.75) is 0 Å². The van der Waals surface area contributed by atoms with Gasteiger partial charge in [0.15, 0.2) is 0 Å². The number of rotatable bonds is 2. The molecule has 0 unspecified atom stereocenters. The van der Waals surface area contributed by atoms with Gasteiger partial charge in [0.2, 0.25) is 0 Å². The summed E-state index contributed by atoms with van der Waals surface area (Å²) < 4.78 is 0. The van der Waals surface area contributed by atoms with Crippen molar-refractivity contribution < 1.29 is 0 Å². The highest BCUT2D eigenvalue weighted by atomic mass is 14.1. The molecule has 0 aliphatic rings. The fraction of sp³-hybridized carbons (Fsp3) is 0. The van der Waals surface area contributed by atoms with Crippen LogP contribution in [0.2, 0.25) is 0 Å². The third-order valence-electron chi connectivity index (χ3n) is 5.46. The quantitative estimate of drug-likeness (QED) is 0.208. The predicted molar refractivity (Wildman–Crippen MR) is 132 cm³/mol. The monoisotopic (exact) mass is 382 g/mol. The van der Waals surface area contributed by atoms with Gasteiger partial charge in [-0.15, -0.1) is 0 Å². The lowest BCUT2D eigenvalue weighted by molar-refractivity contribution is 1.65. The largest absolute Gasteiger partial charge is 0.0622 e. The Bertz CT molecular complexity index is 1240. The van der Waals surface area contributed by atoms with Crippen LogP contribution in [0.25, 0.3) is 44.5 Å². The Morgan fingerprint density at radius 3 is 0.967 bits per heavy atom. The first kappa shape index (κ1) is 18.1. The third-order valence-corrected chi connectivity index (χ3v) is 5.46. The summed E-state index contributed by atoms with van der Waals surface area (Å²) in [6.45, 7) is 0. The van der Waals surface area contributed by atoms with Gasteiger partial charge in [-0.25, -0.2) is 0 Å². The molecule has 0 fully saturated rings. The van der Waals surface area contributed by atoms with Gasteiger partial charge < -0.3 is 0 Å². The molecule has 6 rings (SSSR count). The van der Waals surface area contributed by atoms with E-state index in [9.17, 15) is 0 Å². The molecule has 0 aliphatic heterocycles. The van der Waals surface area contributed by atoms with Crippen LogP contribution in [0, 0.1) is 0 Å². The van der Waals surface area contributed by atoms with Gasteiger partial charge in [0.1, 0.15) is 0 Å². The zero-order valence-electron chi connectivity index (χ0n) is 16.7. The lowest BCUT2D eigenvalue weighted by Crippen LogP contribution is -1.82. The first-order valence-electron chi connectivity index (χ1n) is 10.3. The molecule has 0 heteroatoms. The van der Waals surface area contributed by atoms with Crippen molar-refractivity contribution in [3.8, 4) is 0 Å². The van der Waals surface area contributed by atoms with Gasteiger partial charge in [-0.05, 0) is 43.4 Å². The minimum Gasteiger partial charge on any atom is -0.0622 e. The van der Waals surface area contributed by atoms with Crippen LogP contribution in [0.4, 0.5) is 0 Å². The second-order valence-electron chi connectivity index (χ2n) is 7.44. The topological polar surface area (TPSA) is 0 Å². The number of hydrogen-bond donors (Lipinski definition) is 0. The molecule has 0 heterocycles. The lowest BCUT2D eigenvalue weighted by Gasteiger charge is -2.09. The highest BCUT2D eigenvalue weighted by Gasteiger charge is 2.05. The fourth-order valence-electron chi connectivity index (χ4n) is 3.99. The van der Waals surface area contributed by atoms with Gasteiger partial charge in [-0.3, -0.25) is 0 Å². The maximum absolute atomic E-state index is 2.21. The van der Waals surface area contributed by atoms with E-state index in [1.165, 1.54) is 43.4 Å². The summed E-state index contributed by atoms with van der Waals surface area (Å²) in [5.41, 5.74) is 2.47. The number of hydrogen-bond acceptors (Lipinski definition) is 0. The van der Waals surface area contributed by atoms with Gasteiger partial charge in [0.05, 0.1) is 0 Å². The molecule has 30 heavy (non-hydrogen) atoms. The summed E-state index contributed by atoms with van der Waals surface area (Å²) in [6, 6.07) is 42.5. The fourth-order valence-corrected chi connectivity index (χ4v) is 3.99. The molecule has 0 spiro atoms. The molecule has 0 nitrogen and oxygen atoms in total. The van der Waals surface area contributed by atoms with Crippen LogP contribution in [0.1, 0.15) is 11.1 Å². The maximum Gasteiger partial charge on any atom is -0.00268 e. The Hall–Kier alpha value is -3.90. The van der Waals surface area contributed by atoms with Crippen molar-refractivity contribution in [2.24, 2.45) is 0 Å². The normalized spacial score (nSPS) is 11.2. The molecule has 142 valence electrons. The van der Waals surface area contributed by atoms with E-state index in [4.69, 9.17) is 0 Å². The van der Waals surface area contributed by atoms with Crippen molar-refractivity contribution in [2.75, 3.05) is 0 Å². The highest BCUT2D eigenvalue weighted by Crippen LogP contribution is 2.33. The van der Waals surface area contributed by atoms with E-state index < -0.39 is 0 Å². The van der Waals surface area contributed by atoms with Crippen molar-refractivity contribution in [3.63, 3.8) is 0 Å². The zero-order valence-corrected chi connectivity index (χ0v) is 16.7. The minimum absolute atomic E-state index is 1.23. The molecule has 0 N–H and O–H groups in total. The van der Waals surface area contributed by atoms with Crippen molar-refractivity contribution >= 4 is 44.5 Å². The molecule has 6 aromatic carbocycles. The molecule has 0 amide bonds. The van der Waals surface area contributed by atoms with E-state index in [1.54, 1.807) is 0 Å². The van der Waals surface area contributed by atoms with Crippen LogP contribution >= 0.6 is 0 Å². The SMILES string of the molecule is C(=Cc1ccccc1)c1ccccc1.c1cc2ccc3cccc4ccc(c1)c2c34. The second-order valence-corrected chi connectivity index (χ2v) is 7.44. The van der Waals surface area contributed by atoms with E-state index in [1.807, 2.05) is 36.4 Å². The van der Waals surface area contributed by atoms with Crippen molar-refractivity contribution in [1.29, 1.82) is 0 Å². The zero-order chi connectivity index (χ0) is 20.2. The van der Waals surface area contributed by atoms with Crippen LogP contribution in [-0.4, -0.2) is 0 Å². The summed E-state index contributed by atoms with van der Waals surface area (Å²) in [6.07, 6.45) is 4.24. The van der Waals surface area contributed by atoms with E-state index >= 15 is 0 Å². The van der Waals surface area contributed by atoms with Crippen LogP contribution in [0.5, 0.6) is 0 Å². The Morgan fingerprint density at radius 2 is 0.633 bits per heavy atom. The first-order chi connectivity index (χ1) is 14.9. The highest BCUT2D eigenvalue weighted by molar-refractivity contribution is 6.22. The third kappa shape index (κ3) is 3.68. The van der Waals surface area contributed by atoms with E-state index in [0.717, 1.165) is 0 Å². The average molecular weight is 383 g/mol. The first-order valence-corrected chi connectivity index (χ1v) is 10.3. The van der Waals surface area contributed by atoms with Crippen molar-refractivity contribution in [3.05, 3.63) is 132 Å². The summed E-state index contributed by atoms with van der Waals surface area (Å²) in [5, 5.41) is 8.14. The summed E-state index contributed by atoms with van der Waals surface area (Å²) in [7, 11) is 0. The van der Waals surface area contributed by atoms with Crippen LogP contribution < -0.4 is 0 Å². The van der Waals surface area contributed by atoms with Gasteiger partial charge in [0.25, 0.3) is 0 Å². The standard InChI is InChI=1S/C16H10.C14H12/c1-3-11-7-9-13-5-2-6-14-10-8-12(4-1)15(11)16(13)14;1-3-7-13(8-4-1)11-12-14-9-5-2-6-10-14/h1-10H;1-12H. The Kier molecular flexibility index (Phi) is 4.98. The van der Waals surface area contributed by atoms with E-state index in [0.29, 0.717) is 0 Å². The molecule has 0 atom stereocenters. The summed E-state index contributed by atoms with van der Waals surface area (Å²) in [5.74, 6) is 0.